The van der Waals surface area contributed by atoms with Crippen LogP contribution in [0.25, 0.3) is 0 Å². The van der Waals surface area contributed by atoms with Crippen LogP contribution in [-0.2, 0) is 6.54 Å². The summed E-state index contributed by atoms with van der Waals surface area (Å²) in [4.78, 5) is 13.9. The van der Waals surface area contributed by atoms with Crippen molar-refractivity contribution in [2.45, 2.75) is 45.7 Å². The molecule has 1 aliphatic rings. The van der Waals surface area contributed by atoms with Crippen LogP contribution in [0.2, 0.25) is 0 Å². The van der Waals surface area contributed by atoms with Gasteiger partial charge in [-0.2, -0.15) is 0 Å². The molecule has 0 aromatic carbocycles. The quantitative estimate of drug-likeness (QED) is 0.741. The first-order chi connectivity index (χ1) is 10.2. The summed E-state index contributed by atoms with van der Waals surface area (Å²) in [6.45, 7) is 9.66. The van der Waals surface area contributed by atoms with Crippen molar-refractivity contribution in [2.24, 2.45) is 0 Å². The van der Waals surface area contributed by atoms with Gasteiger partial charge >= 0.3 is 0 Å². The highest BCUT2D eigenvalue weighted by molar-refractivity contribution is 5.34. The Balaban J connectivity index is 1.86. The predicted molar refractivity (Wildman–Crippen MR) is 87.6 cm³/mol. The lowest BCUT2D eigenvalue weighted by molar-refractivity contribution is 0.270. The van der Waals surface area contributed by atoms with Gasteiger partial charge in [0.15, 0.2) is 0 Å². The number of nitrogens with zero attached hydrogens (tertiary/aromatic N) is 4. The molecule has 0 bridgehead atoms. The fourth-order valence-corrected chi connectivity index (χ4v) is 2.96. The summed E-state index contributed by atoms with van der Waals surface area (Å²) in [5, 5.41) is 3.35. The van der Waals surface area contributed by atoms with E-state index in [2.05, 4.69) is 46.0 Å². The summed E-state index contributed by atoms with van der Waals surface area (Å²) >= 11 is 0. The third-order valence-electron chi connectivity index (χ3n) is 4.21. The molecule has 5 heteroatoms. The van der Waals surface area contributed by atoms with Crippen LogP contribution < -0.4 is 10.2 Å². The standard InChI is InChI=1S/C16H29N5/c1-4-8-17-10-14-11-19-16(12-18-14)20(3)13-15-7-6-9-21(15)5-2/h11-12,15,17H,4-10,13H2,1-3H3. The molecule has 1 aromatic rings. The minimum Gasteiger partial charge on any atom is -0.357 e. The van der Waals surface area contributed by atoms with Gasteiger partial charge in [0.25, 0.3) is 0 Å². The molecular formula is C16H29N5. The van der Waals surface area contributed by atoms with Gasteiger partial charge in [0, 0.05) is 26.2 Å². The summed E-state index contributed by atoms with van der Waals surface area (Å²) in [6, 6.07) is 0.660. The van der Waals surface area contributed by atoms with Crippen molar-refractivity contribution < 1.29 is 0 Å². The van der Waals surface area contributed by atoms with Crippen molar-refractivity contribution in [3.63, 3.8) is 0 Å². The molecule has 1 N–H and O–H groups in total. The van der Waals surface area contributed by atoms with Gasteiger partial charge in [-0.15, -0.1) is 0 Å². The van der Waals surface area contributed by atoms with E-state index in [4.69, 9.17) is 0 Å². The number of nitrogens with one attached hydrogen (secondary N) is 1. The first-order valence-corrected chi connectivity index (χ1v) is 8.21. The molecule has 1 aliphatic heterocycles. The number of aromatic nitrogens is 2. The molecule has 1 atom stereocenters. The smallest absolute Gasteiger partial charge is 0.146 e. The Kier molecular flexibility index (Phi) is 6.39. The maximum atomic E-state index is 4.56. The molecule has 1 unspecified atom stereocenters. The number of rotatable bonds is 8. The van der Waals surface area contributed by atoms with E-state index in [-0.39, 0.29) is 0 Å². The van der Waals surface area contributed by atoms with Crippen LogP contribution in [0.1, 0.15) is 38.8 Å². The molecule has 1 fully saturated rings. The molecule has 0 saturated carbocycles. The average Bonchev–Trinajstić information content (AvgIpc) is 2.95. The average molecular weight is 291 g/mol. The van der Waals surface area contributed by atoms with E-state index in [9.17, 15) is 0 Å². The topological polar surface area (TPSA) is 44.3 Å². The molecule has 21 heavy (non-hydrogen) atoms. The number of likely N-dealkylation sites (tertiary alicyclic amines) is 1. The Morgan fingerprint density at radius 1 is 1.33 bits per heavy atom. The SMILES string of the molecule is CCCNCc1cnc(N(C)CC2CCCN2CC)cn1. The van der Waals surface area contributed by atoms with E-state index in [1.807, 2.05) is 12.4 Å². The molecular weight excluding hydrogens is 262 g/mol. The first kappa shape index (κ1) is 16.2. The van der Waals surface area contributed by atoms with Crippen LogP contribution in [0.15, 0.2) is 12.4 Å². The molecule has 0 radical (unpaired) electrons. The van der Waals surface area contributed by atoms with E-state index in [0.717, 1.165) is 44.1 Å². The van der Waals surface area contributed by atoms with E-state index >= 15 is 0 Å². The second kappa shape index (κ2) is 8.29. The van der Waals surface area contributed by atoms with Crippen molar-refractivity contribution in [1.29, 1.82) is 0 Å². The molecule has 0 spiro atoms. The minimum atomic E-state index is 0.660. The van der Waals surface area contributed by atoms with Crippen LogP contribution in [0.3, 0.4) is 0 Å². The van der Waals surface area contributed by atoms with Gasteiger partial charge in [-0.1, -0.05) is 13.8 Å². The lowest BCUT2D eigenvalue weighted by Gasteiger charge is -2.28. The monoisotopic (exact) mass is 291 g/mol. The van der Waals surface area contributed by atoms with Crippen LogP contribution >= 0.6 is 0 Å². The lowest BCUT2D eigenvalue weighted by Crippen LogP contribution is -2.39. The van der Waals surface area contributed by atoms with Crippen LogP contribution in [0, 0.1) is 0 Å². The Labute approximate surface area is 128 Å². The highest BCUT2D eigenvalue weighted by atomic mass is 15.2. The molecule has 2 heterocycles. The second-order valence-electron chi connectivity index (χ2n) is 5.85. The van der Waals surface area contributed by atoms with E-state index in [1.165, 1.54) is 19.4 Å². The first-order valence-electron chi connectivity index (χ1n) is 8.21. The highest BCUT2D eigenvalue weighted by Crippen LogP contribution is 2.19. The summed E-state index contributed by atoms with van der Waals surface area (Å²) in [5.74, 6) is 0.970. The molecule has 0 aliphatic carbocycles. The largest absolute Gasteiger partial charge is 0.357 e. The van der Waals surface area contributed by atoms with Gasteiger partial charge in [0.2, 0.25) is 0 Å². The van der Waals surface area contributed by atoms with Gasteiger partial charge in [-0.05, 0) is 38.9 Å². The normalized spacial score (nSPS) is 19.1. The van der Waals surface area contributed by atoms with Crippen molar-refractivity contribution >= 4 is 5.82 Å². The van der Waals surface area contributed by atoms with Crippen LogP contribution in [0.5, 0.6) is 0 Å². The van der Waals surface area contributed by atoms with Gasteiger partial charge in [-0.25, -0.2) is 4.98 Å². The number of anilines is 1. The zero-order chi connectivity index (χ0) is 15.1. The zero-order valence-corrected chi connectivity index (χ0v) is 13.7. The zero-order valence-electron chi connectivity index (χ0n) is 13.7. The van der Waals surface area contributed by atoms with Gasteiger partial charge in [-0.3, -0.25) is 9.88 Å². The molecule has 2 rings (SSSR count). The number of hydrogen-bond donors (Lipinski definition) is 1. The maximum Gasteiger partial charge on any atom is 0.146 e. The second-order valence-corrected chi connectivity index (χ2v) is 5.85. The third kappa shape index (κ3) is 4.64. The van der Waals surface area contributed by atoms with Crippen molar-refractivity contribution in [1.82, 2.24) is 20.2 Å². The molecule has 118 valence electrons. The van der Waals surface area contributed by atoms with Gasteiger partial charge in [0.05, 0.1) is 18.1 Å². The lowest BCUT2D eigenvalue weighted by atomic mass is 10.2. The summed E-state index contributed by atoms with van der Waals surface area (Å²) in [7, 11) is 2.12. The van der Waals surface area contributed by atoms with E-state index in [1.54, 1.807) is 0 Å². The van der Waals surface area contributed by atoms with Gasteiger partial charge in [0.1, 0.15) is 5.82 Å². The van der Waals surface area contributed by atoms with E-state index < -0.39 is 0 Å². The molecule has 0 amide bonds. The fraction of sp³-hybridized carbons (Fsp3) is 0.750. The molecule has 5 nitrogen and oxygen atoms in total. The summed E-state index contributed by atoms with van der Waals surface area (Å²) < 4.78 is 0. The number of likely N-dealkylation sites (N-methyl/N-ethyl adjacent to an activating group) is 2. The van der Waals surface area contributed by atoms with Crippen molar-refractivity contribution in [3.05, 3.63) is 18.1 Å². The maximum absolute atomic E-state index is 4.56. The molecule has 1 aromatic heterocycles. The molecule has 1 saturated heterocycles. The van der Waals surface area contributed by atoms with E-state index in [0.29, 0.717) is 6.04 Å². The van der Waals surface area contributed by atoms with Crippen LogP contribution in [-0.4, -0.2) is 54.1 Å². The Morgan fingerprint density at radius 2 is 2.19 bits per heavy atom. The third-order valence-corrected chi connectivity index (χ3v) is 4.21. The fourth-order valence-electron chi connectivity index (χ4n) is 2.96. The Hall–Kier alpha value is -1.20. The van der Waals surface area contributed by atoms with Crippen molar-refractivity contribution in [2.75, 3.05) is 38.1 Å². The summed E-state index contributed by atoms with van der Waals surface area (Å²) in [5.41, 5.74) is 1.01. The minimum absolute atomic E-state index is 0.660. The van der Waals surface area contributed by atoms with Crippen molar-refractivity contribution in [3.8, 4) is 0 Å². The summed E-state index contributed by atoms with van der Waals surface area (Å²) in [6.07, 6.45) is 7.54. The number of hydrogen-bond acceptors (Lipinski definition) is 5. The van der Waals surface area contributed by atoms with Gasteiger partial charge < -0.3 is 10.2 Å². The highest BCUT2D eigenvalue weighted by Gasteiger charge is 2.24. The Morgan fingerprint density at radius 3 is 2.86 bits per heavy atom. The Bertz CT molecular complexity index is 406. The predicted octanol–water partition coefficient (Wildman–Crippen LogP) is 1.90. The van der Waals surface area contributed by atoms with Crippen LogP contribution in [0.4, 0.5) is 5.82 Å².